The zero-order chi connectivity index (χ0) is 18.6. The van der Waals surface area contributed by atoms with Crippen LogP contribution in [0.25, 0.3) is 0 Å². The highest BCUT2D eigenvalue weighted by molar-refractivity contribution is 5.13. The Hall–Kier alpha value is -2.51. The third kappa shape index (κ3) is 4.43. The van der Waals surface area contributed by atoms with Crippen molar-refractivity contribution in [1.29, 1.82) is 0 Å². The molecule has 0 saturated heterocycles. The zero-order valence-corrected chi connectivity index (χ0v) is 16.1. The van der Waals surface area contributed by atoms with Crippen LogP contribution >= 0.6 is 0 Å². The second-order valence-corrected chi connectivity index (χ2v) is 7.40. The maximum absolute atomic E-state index is 4.85. The lowest BCUT2D eigenvalue weighted by Gasteiger charge is -2.19. The Bertz CT molecular complexity index is 868. The first-order valence-electron chi connectivity index (χ1n) is 9.49. The summed E-state index contributed by atoms with van der Waals surface area (Å²) in [6.45, 7) is 5.58. The van der Waals surface area contributed by atoms with Gasteiger partial charge in [-0.05, 0) is 31.2 Å². The first kappa shape index (κ1) is 17.9. The molecule has 0 amide bonds. The summed E-state index contributed by atoms with van der Waals surface area (Å²) in [5, 5.41) is 4.85. The normalized spacial score (nSPS) is 15.1. The minimum Gasteiger partial charge on any atom is -0.337 e. The fourth-order valence-electron chi connectivity index (χ4n) is 3.68. The lowest BCUT2D eigenvalue weighted by molar-refractivity contribution is 0.252. The smallest absolute Gasteiger partial charge is 0.122 e. The van der Waals surface area contributed by atoms with Crippen LogP contribution < -0.4 is 0 Å². The molecule has 4 heterocycles. The van der Waals surface area contributed by atoms with Gasteiger partial charge in [0.2, 0.25) is 0 Å². The van der Waals surface area contributed by atoms with Crippen LogP contribution in [-0.4, -0.2) is 47.7 Å². The van der Waals surface area contributed by atoms with Crippen molar-refractivity contribution < 1.29 is 0 Å². The highest BCUT2D eigenvalue weighted by Crippen LogP contribution is 2.17. The van der Waals surface area contributed by atoms with E-state index in [1.54, 1.807) is 0 Å². The van der Waals surface area contributed by atoms with E-state index in [2.05, 4.69) is 55.2 Å². The standard InChI is InChI=1S/C20H27N7/c1-24(13-17-5-3-6-21-12-17)14-18-11-19-15-26(8-4-9-27(19)23-18)16-20-22-7-10-25(20)2/h3,5-7,10-12H,4,8-9,13-16H2,1-2H3. The number of hydrogen-bond donors (Lipinski definition) is 0. The molecule has 142 valence electrons. The van der Waals surface area contributed by atoms with E-state index in [9.17, 15) is 0 Å². The molecule has 1 aliphatic rings. The number of imidazole rings is 1. The molecule has 0 aromatic carbocycles. The van der Waals surface area contributed by atoms with Crippen LogP contribution in [-0.2, 0) is 39.8 Å². The Morgan fingerprint density at radius 2 is 2.11 bits per heavy atom. The Morgan fingerprint density at radius 3 is 2.89 bits per heavy atom. The first-order valence-corrected chi connectivity index (χ1v) is 9.49. The van der Waals surface area contributed by atoms with Crippen LogP contribution in [0.5, 0.6) is 0 Å². The van der Waals surface area contributed by atoms with Crippen molar-refractivity contribution in [1.82, 2.24) is 34.1 Å². The number of aromatic nitrogens is 5. The van der Waals surface area contributed by atoms with E-state index in [1.165, 1.54) is 11.3 Å². The average Bonchev–Trinajstić information content (AvgIpc) is 3.16. The van der Waals surface area contributed by atoms with Crippen molar-refractivity contribution >= 4 is 0 Å². The van der Waals surface area contributed by atoms with Gasteiger partial charge in [-0.3, -0.25) is 19.5 Å². The third-order valence-corrected chi connectivity index (χ3v) is 5.04. The Balaban J connectivity index is 1.40. The average molecular weight is 365 g/mol. The second kappa shape index (κ2) is 8.02. The monoisotopic (exact) mass is 365 g/mol. The molecule has 0 fully saturated rings. The third-order valence-electron chi connectivity index (χ3n) is 5.04. The molecule has 0 aliphatic carbocycles. The van der Waals surface area contributed by atoms with Gasteiger partial charge in [-0.15, -0.1) is 0 Å². The molecule has 0 unspecified atom stereocenters. The lowest BCUT2D eigenvalue weighted by Crippen LogP contribution is -2.24. The number of pyridine rings is 1. The SMILES string of the molecule is CN(Cc1cccnc1)Cc1cc2n(n1)CCCN(Cc1nccn1C)C2. The molecule has 0 saturated carbocycles. The molecule has 3 aromatic rings. The minimum atomic E-state index is 0.842. The Labute approximate surface area is 160 Å². The largest absolute Gasteiger partial charge is 0.337 e. The number of hydrogen-bond acceptors (Lipinski definition) is 5. The van der Waals surface area contributed by atoms with Crippen LogP contribution in [0.2, 0.25) is 0 Å². The van der Waals surface area contributed by atoms with Crippen molar-refractivity contribution in [2.45, 2.75) is 39.1 Å². The van der Waals surface area contributed by atoms with Gasteiger partial charge in [0.15, 0.2) is 0 Å². The van der Waals surface area contributed by atoms with Gasteiger partial charge >= 0.3 is 0 Å². The fourth-order valence-corrected chi connectivity index (χ4v) is 3.68. The quantitative estimate of drug-likeness (QED) is 0.669. The zero-order valence-electron chi connectivity index (χ0n) is 16.1. The molecule has 7 heteroatoms. The van der Waals surface area contributed by atoms with E-state index >= 15 is 0 Å². The van der Waals surface area contributed by atoms with Crippen LogP contribution in [0.4, 0.5) is 0 Å². The van der Waals surface area contributed by atoms with Crippen LogP contribution in [0, 0.1) is 0 Å². The number of rotatable bonds is 6. The predicted octanol–water partition coefficient (Wildman–Crippen LogP) is 2.05. The molecule has 1 aliphatic heterocycles. The summed E-state index contributed by atoms with van der Waals surface area (Å²) in [6.07, 6.45) is 8.73. The van der Waals surface area contributed by atoms with Gasteiger partial charge in [0, 0.05) is 64.6 Å². The van der Waals surface area contributed by atoms with Crippen molar-refractivity contribution in [2.75, 3.05) is 13.6 Å². The van der Waals surface area contributed by atoms with Crippen LogP contribution in [0.3, 0.4) is 0 Å². The van der Waals surface area contributed by atoms with Gasteiger partial charge in [0.25, 0.3) is 0 Å². The van der Waals surface area contributed by atoms with E-state index in [-0.39, 0.29) is 0 Å². The van der Waals surface area contributed by atoms with Gasteiger partial charge in [0.1, 0.15) is 5.82 Å². The summed E-state index contributed by atoms with van der Waals surface area (Å²) in [6, 6.07) is 6.36. The molecule has 0 atom stereocenters. The summed E-state index contributed by atoms with van der Waals surface area (Å²) >= 11 is 0. The maximum atomic E-state index is 4.85. The Morgan fingerprint density at radius 1 is 1.19 bits per heavy atom. The van der Waals surface area contributed by atoms with Crippen molar-refractivity contribution in [3.05, 3.63) is 65.8 Å². The maximum Gasteiger partial charge on any atom is 0.122 e. The molecular weight excluding hydrogens is 338 g/mol. The van der Waals surface area contributed by atoms with E-state index < -0.39 is 0 Å². The van der Waals surface area contributed by atoms with Gasteiger partial charge in [0.05, 0.1) is 17.9 Å². The van der Waals surface area contributed by atoms with Crippen molar-refractivity contribution in [2.24, 2.45) is 7.05 Å². The first-order chi connectivity index (χ1) is 13.2. The molecule has 4 rings (SSSR count). The van der Waals surface area contributed by atoms with E-state index in [4.69, 9.17) is 5.10 Å². The predicted molar refractivity (Wildman–Crippen MR) is 104 cm³/mol. The lowest BCUT2D eigenvalue weighted by atomic mass is 10.2. The van der Waals surface area contributed by atoms with Crippen LogP contribution in [0.1, 0.15) is 29.2 Å². The summed E-state index contributed by atoms with van der Waals surface area (Å²) in [7, 11) is 4.19. The summed E-state index contributed by atoms with van der Waals surface area (Å²) in [4.78, 5) is 13.4. The minimum absolute atomic E-state index is 0.842. The summed E-state index contributed by atoms with van der Waals surface area (Å²) in [5.41, 5.74) is 3.66. The highest BCUT2D eigenvalue weighted by atomic mass is 15.3. The summed E-state index contributed by atoms with van der Waals surface area (Å²) < 4.78 is 4.28. The van der Waals surface area contributed by atoms with E-state index in [1.807, 2.05) is 30.9 Å². The molecule has 3 aromatic heterocycles. The van der Waals surface area contributed by atoms with Gasteiger partial charge in [-0.2, -0.15) is 5.10 Å². The molecule has 0 radical (unpaired) electrons. The molecule has 27 heavy (non-hydrogen) atoms. The Kier molecular flexibility index (Phi) is 5.31. The van der Waals surface area contributed by atoms with Crippen molar-refractivity contribution in [3.63, 3.8) is 0 Å². The highest BCUT2D eigenvalue weighted by Gasteiger charge is 2.18. The number of nitrogens with zero attached hydrogens (tertiary/aromatic N) is 7. The summed E-state index contributed by atoms with van der Waals surface area (Å²) in [5.74, 6) is 1.11. The number of aryl methyl sites for hydroxylation is 2. The number of fused-ring (bicyclic) bond motifs is 1. The van der Waals surface area contributed by atoms with Crippen LogP contribution in [0.15, 0.2) is 43.0 Å². The molecule has 7 nitrogen and oxygen atoms in total. The molecule has 0 spiro atoms. The van der Waals surface area contributed by atoms with Gasteiger partial charge in [-0.25, -0.2) is 4.98 Å². The molecular formula is C20H27N7. The van der Waals surface area contributed by atoms with Crippen molar-refractivity contribution in [3.8, 4) is 0 Å². The topological polar surface area (TPSA) is 55.0 Å². The van der Waals surface area contributed by atoms with E-state index in [0.29, 0.717) is 0 Å². The second-order valence-electron chi connectivity index (χ2n) is 7.40. The van der Waals surface area contributed by atoms with Gasteiger partial charge in [-0.1, -0.05) is 6.07 Å². The van der Waals surface area contributed by atoms with Gasteiger partial charge < -0.3 is 4.57 Å². The molecule has 0 bridgehead atoms. The molecule has 0 N–H and O–H groups in total. The fraction of sp³-hybridized carbons (Fsp3) is 0.450. The van der Waals surface area contributed by atoms with E-state index in [0.717, 1.165) is 57.2 Å².